The molecule has 408 valence electrons. The maximum atomic E-state index is 10.5. The summed E-state index contributed by atoms with van der Waals surface area (Å²) < 4.78 is 0. The number of nitrogens with two attached hydrogens (primary N) is 1. The normalized spacial score (nSPS) is 9.73. The summed E-state index contributed by atoms with van der Waals surface area (Å²) >= 11 is 0. The minimum atomic E-state index is -1.27. The highest BCUT2D eigenvalue weighted by atomic mass is 16.4. The van der Waals surface area contributed by atoms with E-state index in [0.717, 1.165) is 12.1 Å². The molecular formula is C47H53NO27. The SMILES string of the molecule is C=C(CC(=O)O)C(=O)O.C=C(O)c1ccc(C(=O)O)cc1.NC(CCCC(=O)O)C(=O)O.O=C(O)/C=C/C(=O)CO.O=C(O)CCCCC(=O)O.O=C(O)c1cccc(C(=O)O)c1.O=C(O)c1ccccc1C(=O)O. The van der Waals surface area contributed by atoms with Crippen LogP contribution in [0.4, 0.5) is 0 Å². The minimum Gasteiger partial charge on any atom is -0.508 e. The largest absolute Gasteiger partial charge is 0.508 e. The Labute approximate surface area is 423 Å². The third kappa shape index (κ3) is 41.4. The molecule has 3 aromatic rings. The van der Waals surface area contributed by atoms with Crippen LogP contribution in [-0.4, -0.2) is 162 Å². The number of carbonyl (C=O) groups is 13. The number of aliphatic carboxylic acids is 7. The maximum absolute atomic E-state index is 10.5. The maximum Gasteiger partial charge on any atom is 0.336 e. The van der Waals surface area contributed by atoms with E-state index in [0.29, 0.717) is 30.9 Å². The number of aliphatic hydroxyl groups excluding tert-OH is 2. The molecule has 0 aliphatic rings. The third-order valence-corrected chi connectivity index (χ3v) is 7.70. The Morgan fingerprint density at radius 2 is 0.853 bits per heavy atom. The van der Waals surface area contributed by atoms with Crippen molar-refractivity contribution in [3.63, 3.8) is 0 Å². The first-order valence-electron chi connectivity index (χ1n) is 20.4. The average molecular weight is 1060 g/mol. The van der Waals surface area contributed by atoms with Gasteiger partial charge in [0.2, 0.25) is 0 Å². The van der Waals surface area contributed by atoms with Gasteiger partial charge in [0.15, 0.2) is 5.78 Å². The molecule has 0 spiro atoms. The number of carboxylic acid groups (broad SMARTS) is 12. The Morgan fingerprint density at radius 3 is 1.13 bits per heavy atom. The van der Waals surface area contributed by atoms with Gasteiger partial charge in [-0.25, -0.2) is 33.6 Å². The molecule has 0 saturated carbocycles. The van der Waals surface area contributed by atoms with E-state index in [4.69, 9.17) is 77.2 Å². The van der Waals surface area contributed by atoms with Crippen LogP contribution in [0.3, 0.4) is 0 Å². The summed E-state index contributed by atoms with van der Waals surface area (Å²) in [6, 6.07) is 15.6. The molecule has 75 heavy (non-hydrogen) atoms. The predicted octanol–water partition coefficient (Wildman–Crippen LogP) is 3.74. The first-order chi connectivity index (χ1) is 34.7. The average Bonchev–Trinajstić information content (AvgIpc) is 3.32. The molecule has 3 rings (SSSR count). The smallest absolute Gasteiger partial charge is 0.336 e. The molecule has 3 aromatic carbocycles. The van der Waals surface area contributed by atoms with E-state index in [1.54, 1.807) is 0 Å². The molecule has 0 aromatic heterocycles. The van der Waals surface area contributed by atoms with Gasteiger partial charge in [-0.05, 0) is 74.2 Å². The number of aliphatic hydroxyl groups is 2. The van der Waals surface area contributed by atoms with E-state index in [2.05, 4.69) is 13.2 Å². The van der Waals surface area contributed by atoms with Crippen molar-refractivity contribution in [2.75, 3.05) is 6.61 Å². The van der Waals surface area contributed by atoms with Crippen molar-refractivity contribution in [2.45, 2.75) is 57.4 Å². The molecular weight excluding hydrogens is 1010 g/mol. The van der Waals surface area contributed by atoms with Crippen molar-refractivity contribution in [2.24, 2.45) is 5.73 Å². The number of carbonyl (C=O) groups excluding carboxylic acids is 1. The Hall–Kier alpha value is -10.1. The van der Waals surface area contributed by atoms with Gasteiger partial charge in [0.1, 0.15) is 18.4 Å². The zero-order chi connectivity index (χ0) is 59.0. The number of benzene rings is 3. The quantitative estimate of drug-likeness (QED) is 0.0387. The van der Waals surface area contributed by atoms with E-state index in [1.165, 1.54) is 66.7 Å². The van der Waals surface area contributed by atoms with Gasteiger partial charge in [-0.1, -0.05) is 43.5 Å². The van der Waals surface area contributed by atoms with Gasteiger partial charge in [-0.3, -0.25) is 28.8 Å². The highest BCUT2D eigenvalue weighted by Gasteiger charge is 2.14. The van der Waals surface area contributed by atoms with Crippen LogP contribution in [0, 0.1) is 0 Å². The molecule has 0 saturated heterocycles. The number of hydrogen-bond donors (Lipinski definition) is 15. The lowest BCUT2D eigenvalue weighted by Gasteiger charge is -2.02. The first-order valence-corrected chi connectivity index (χ1v) is 20.4. The summed E-state index contributed by atoms with van der Waals surface area (Å²) in [5.41, 5.74) is 5.11. The molecule has 16 N–H and O–H groups in total. The minimum absolute atomic E-state index is 0.0186. The van der Waals surface area contributed by atoms with Gasteiger partial charge >= 0.3 is 71.6 Å². The van der Waals surface area contributed by atoms with Crippen LogP contribution >= 0.6 is 0 Å². The Kier molecular flexibility index (Phi) is 38.7. The second kappa shape index (κ2) is 40.6. The number of aromatic carboxylic acids is 5. The number of carboxylic acids is 12. The van der Waals surface area contributed by atoms with Crippen LogP contribution in [0.2, 0.25) is 0 Å². The fourth-order valence-electron chi connectivity index (χ4n) is 4.07. The van der Waals surface area contributed by atoms with Crippen molar-refractivity contribution in [3.05, 3.63) is 137 Å². The van der Waals surface area contributed by atoms with Crippen LogP contribution in [0.1, 0.15) is 109 Å². The molecule has 1 atom stereocenters. The molecule has 28 heteroatoms. The van der Waals surface area contributed by atoms with Gasteiger partial charge in [0.25, 0.3) is 0 Å². The molecule has 0 fully saturated rings. The Bertz CT molecular complexity index is 2400. The lowest BCUT2D eigenvalue weighted by Crippen LogP contribution is -2.29. The zero-order valence-corrected chi connectivity index (χ0v) is 39.1. The third-order valence-electron chi connectivity index (χ3n) is 7.70. The van der Waals surface area contributed by atoms with Gasteiger partial charge in [-0.2, -0.15) is 0 Å². The number of rotatable bonds is 22. The Balaban J connectivity index is -0.000000394. The molecule has 0 bridgehead atoms. The lowest BCUT2D eigenvalue weighted by molar-refractivity contribution is -0.140. The summed E-state index contributed by atoms with van der Waals surface area (Å²) in [7, 11) is 0. The Morgan fingerprint density at radius 1 is 0.467 bits per heavy atom. The standard InChI is InChI=1S/C9H8O3.2C8H6O4.C6H11NO4.C6H10O4.2C5H6O4/c1-6(10)7-2-4-8(5-3-7)9(11)12;9-7(10)5-2-1-3-6(4-5)8(11)12;9-7(10)5-3-1-2-4-6(5)8(11)12;7-4(6(10)11)2-1-3-5(8)9;7-5(8)3-1-2-4-6(9)10;1-3(5(8)9)2-4(6)7;6-3-4(7)1-2-5(8)9/h2-5,10H,1H2,(H,11,12);2*1-4H,(H,9,10)(H,11,12);4H,1-3,7H2,(H,8,9)(H,10,11);1-4H2,(H,7,8)(H,9,10);1-2H2,(H,6,7)(H,8,9);1-2,6H,3H2,(H,8,9)/b;;;;;;2-1+. The molecule has 0 amide bonds. The summed E-state index contributed by atoms with van der Waals surface area (Å²) in [5.74, 6) is -13.8. The van der Waals surface area contributed by atoms with E-state index in [9.17, 15) is 62.3 Å². The molecule has 0 aliphatic heterocycles. The molecule has 0 heterocycles. The highest BCUT2D eigenvalue weighted by molar-refractivity contribution is 6.01. The summed E-state index contributed by atoms with van der Waals surface area (Å²) in [4.78, 5) is 131. The van der Waals surface area contributed by atoms with Crippen LogP contribution in [0.15, 0.2) is 104 Å². The second-order valence-electron chi connectivity index (χ2n) is 13.7. The van der Waals surface area contributed by atoms with Crippen molar-refractivity contribution in [3.8, 4) is 0 Å². The lowest BCUT2D eigenvalue weighted by atomic mass is 10.1. The van der Waals surface area contributed by atoms with E-state index in [-0.39, 0.29) is 64.8 Å². The predicted molar refractivity (Wildman–Crippen MR) is 255 cm³/mol. The van der Waals surface area contributed by atoms with Gasteiger partial charge in [0, 0.05) is 36.5 Å². The van der Waals surface area contributed by atoms with E-state index < -0.39 is 96.5 Å². The zero-order valence-electron chi connectivity index (χ0n) is 39.1. The first kappa shape index (κ1) is 71.5. The fourth-order valence-corrected chi connectivity index (χ4v) is 4.07. The number of ketones is 1. The van der Waals surface area contributed by atoms with Gasteiger partial charge < -0.3 is 77.2 Å². The highest BCUT2D eigenvalue weighted by Crippen LogP contribution is 2.11. The second-order valence-corrected chi connectivity index (χ2v) is 13.7. The van der Waals surface area contributed by atoms with Gasteiger partial charge in [-0.15, -0.1) is 0 Å². The van der Waals surface area contributed by atoms with Crippen molar-refractivity contribution in [1.29, 1.82) is 0 Å². The van der Waals surface area contributed by atoms with Crippen LogP contribution in [-0.2, 0) is 38.4 Å². The molecule has 0 aliphatic carbocycles. The number of hydrogen-bond acceptors (Lipinski definition) is 16. The van der Waals surface area contributed by atoms with Crippen molar-refractivity contribution < 1.29 is 134 Å². The fraction of sp³-hybridized carbons (Fsp3) is 0.213. The number of unbranched alkanes of at least 4 members (excludes halogenated alkanes) is 1. The summed E-state index contributed by atoms with van der Waals surface area (Å²) in [6.45, 7) is 5.67. The van der Waals surface area contributed by atoms with Gasteiger partial charge in [0.05, 0.1) is 34.2 Å². The molecule has 1 unspecified atom stereocenters. The van der Waals surface area contributed by atoms with Crippen molar-refractivity contribution >= 4 is 83.2 Å². The van der Waals surface area contributed by atoms with E-state index >= 15 is 0 Å². The van der Waals surface area contributed by atoms with Crippen LogP contribution < -0.4 is 5.73 Å². The summed E-state index contributed by atoms with van der Waals surface area (Å²) in [6.07, 6.45) is 2.49. The topological polar surface area (TPSA) is 531 Å². The van der Waals surface area contributed by atoms with Crippen LogP contribution in [0.25, 0.3) is 5.76 Å². The van der Waals surface area contributed by atoms with Crippen LogP contribution in [0.5, 0.6) is 0 Å². The van der Waals surface area contributed by atoms with Crippen molar-refractivity contribution in [1.82, 2.24) is 0 Å². The molecule has 28 nitrogen and oxygen atoms in total. The summed E-state index contributed by atoms with van der Waals surface area (Å²) in [5, 5.41) is 116. The molecule has 0 radical (unpaired) electrons. The monoisotopic (exact) mass is 1060 g/mol. The van der Waals surface area contributed by atoms with E-state index in [1.807, 2.05) is 0 Å².